The van der Waals surface area contributed by atoms with Gasteiger partial charge in [0.1, 0.15) is 5.76 Å². The third-order valence-electron chi connectivity index (χ3n) is 4.22. The molecule has 2 aromatic heterocycles. The molecule has 0 radical (unpaired) electrons. The Hall–Kier alpha value is -2.64. The zero-order valence-corrected chi connectivity index (χ0v) is 14.6. The first-order valence-electron chi connectivity index (χ1n) is 8.72. The van der Waals surface area contributed by atoms with Gasteiger partial charge in [-0.3, -0.25) is 9.59 Å². The maximum atomic E-state index is 12.6. The second-order valence-corrected chi connectivity index (χ2v) is 6.23. The fourth-order valence-electron chi connectivity index (χ4n) is 2.96. The van der Waals surface area contributed by atoms with Crippen molar-refractivity contribution >= 4 is 17.6 Å². The van der Waals surface area contributed by atoms with Crippen LogP contribution in [-0.4, -0.2) is 33.1 Å². The van der Waals surface area contributed by atoms with Crippen LogP contribution in [0.3, 0.4) is 0 Å². The molecule has 0 unspecified atom stereocenters. The number of fused-ring (bicyclic) bond motifs is 1. The Kier molecular flexibility index (Phi) is 5.16. The maximum absolute atomic E-state index is 12.6. The Morgan fingerprint density at radius 1 is 1.32 bits per heavy atom. The van der Waals surface area contributed by atoms with Gasteiger partial charge in [-0.05, 0) is 32.6 Å². The number of amides is 2. The van der Waals surface area contributed by atoms with Crippen LogP contribution in [0.15, 0.2) is 10.6 Å². The molecule has 3 rings (SSSR count). The minimum Gasteiger partial charge on any atom is -0.360 e. The van der Waals surface area contributed by atoms with Crippen molar-refractivity contribution in [3.63, 3.8) is 0 Å². The van der Waals surface area contributed by atoms with Crippen molar-refractivity contribution in [3.05, 3.63) is 29.0 Å². The highest BCUT2D eigenvalue weighted by atomic mass is 16.5. The summed E-state index contributed by atoms with van der Waals surface area (Å²) in [6.07, 6.45) is 4.60. The van der Waals surface area contributed by atoms with Crippen molar-refractivity contribution in [3.8, 4) is 0 Å². The number of aryl methyl sites for hydroxylation is 1. The molecule has 3 heterocycles. The Labute approximate surface area is 146 Å². The Bertz CT molecular complexity index is 777. The van der Waals surface area contributed by atoms with Gasteiger partial charge in [0.05, 0.1) is 5.69 Å². The van der Waals surface area contributed by atoms with Crippen LogP contribution < -0.4 is 10.6 Å². The van der Waals surface area contributed by atoms with Gasteiger partial charge in [-0.2, -0.15) is 0 Å². The van der Waals surface area contributed by atoms with Gasteiger partial charge in [-0.25, -0.2) is 4.98 Å². The molecule has 8 nitrogen and oxygen atoms in total. The SMILES string of the molecule is CCCCNC(=O)c1nc(C(=O)Nc2cc(C)on2)c2n1CCCC2. The number of imidazole rings is 1. The van der Waals surface area contributed by atoms with E-state index in [9.17, 15) is 9.59 Å². The van der Waals surface area contributed by atoms with Crippen molar-refractivity contribution in [1.29, 1.82) is 0 Å². The Morgan fingerprint density at radius 3 is 2.88 bits per heavy atom. The fourth-order valence-corrected chi connectivity index (χ4v) is 2.96. The molecule has 0 saturated carbocycles. The first kappa shape index (κ1) is 17.2. The molecule has 0 aliphatic carbocycles. The van der Waals surface area contributed by atoms with E-state index in [4.69, 9.17) is 4.52 Å². The zero-order chi connectivity index (χ0) is 17.8. The molecule has 134 valence electrons. The predicted octanol–water partition coefficient (Wildman–Crippen LogP) is 2.30. The molecule has 2 aromatic rings. The van der Waals surface area contributed by atoms with E-state index in [2.05, 4.69) is 27.7 Å². The van der Waals surface area contributed by atoms with Crippen molar-refractivity contribution in [2.24, 2.45) is 0 Å². The average Bonchev–Trinajstić information content (AvgIpc) is 3.18. The maximum Gasteiger partial charge on any atom is 0.287 e. The van der Waals surface area contributed by atoms with Crippen molar-refractivity contribution in [2.45, 2.75) is 52.5 Å². The summed E-state index contributed by atoms with van der Waals surface area (Å²) in [5.74, 6) is 0.666. The first-order valence-corrected chi connectivity index (χ1v) is 8.72. The number of aromatic nitrogens is 3. The smallest absolute Gasteiger partial charge is 0.287 e. The predicted molar refractivity (Wildman–Crippen MR) is 91.6 cm³/mol. The van der Waals surface area contributed by atoms with Gasteiger partial charge in [0.15, 0.2) is 17.3 Å². The van der Waals surface area contributed by atoms with Gasteiger partial charge in [0.25, 0.3) is 11.8 Å². The second-order valence-electron chi connectivity index (χ2n) is 6.23. The lowest BCUT2D eigenvalue weighted by molar-refractivity contribution is 0.0937. The summed E-state index contributed by atoms with van der Waals surface area (Å²) in [5, 5.41) is 9.32. The van der Waals surface area contributed by atoms with E-state index in [-0.39, 0.29) is 11.8 Å². The quantitative estimate of drug-likeness (QED) is 0.782. The van der Waals surface area contributed by atoms with E-state index in [1.54, 1.807) is 13.0 Å². The number of carbonyl (C=O) groups is 2. The van der Waals surface area contributed by atoms with Gasteiger partial charge < -0.3 is 19.7 Å². The molecule has 0 saturated heterocycles. The van der Waals surface area contributed by atoms with Crippen molar-refractivity contribution in [2.75, 3.05) is 11.9 Å². The molecule has 0 bridgehead atoms. The van der Waals surface area contributed by atoms with Gasteiger partial charge in [0, 0.05) is 19.2 Å². The topological polar surface area (TPSA) is 102 Å². The Balaban J connectivity index is 1.83. The summed E-state index contributed by atoms with van der Waals surface area (Å²) < 4.78 is 6.83. The van der Waals surface area contributed by atoms with Crippen LogP contribution in [0.2, 0.25) is 0 Å². The van der Waals surface area contributed by atoms with Crippen LogP contribution in [0.1, 0.15) is 65.2 Å². The number of carbonyl (C=O) groups excluding carboxylic acids is 2. The summed E-state index contributed by atoms with van der Waals surface area (Å²) in [4.78, 5) is 29.4. The second kappa shape index (κ2) is 7.50. The molecule has 0 atom stereocenters. The van der Waals surface area contributed by atoms with Crippen molar-refractivity contribution in [1.82, 2.24) is 20.0 Å². The number of nitrogens with zero attached hydrogens (tertiary/aromatic N) is 3. The number of nitrogens with one attached hydrogen (secondary N) is 2. The summed E-state index contributed by atoms with van der Waals surface area (Å²) in [6, 6.07) is 1.64. The molecule has 2 amide bonds. The first-order chi connectivity index (χ1) is 12.1. The lowest BCUT2D eigenvalue weighted by Gasteiger charge is -2.16. The third-order valence-corrected chi connectivity index (χ3v) is 4.22. The minimum absolute atomic E-state index is 0.229. The van der Waals surface area contributed by atoms with Crippen LogP contribution in [-0.2, 0) is 13.0 Å². The molecule has 25 heavy (non-hydrogen) atoms. The number of hydrogen-bond acceptors (Lipinski definition) is 5. The van der Waals surface area contributed by atoms with E-state index in [1.165, 1.54) is 0 Å². The highest BCUT2D eigenvalue weighted by Crippen LogP contribution is 2.22. The molecule has 1 aliphatic rings. The molecular formula is C17H23N5O3. The summed E-state index contributed by atoms with van der Waals surface area (Å²) in [5.41, 5.74) is 1.10. The molecule has 8 heteroatoms. The van der Waals surface area contributed by atoms with E-state index in [0.29, 0.717) is 36.2 Å². The largest absolute Gasteiger partial charge is 0.360 e. The van der Waals surface area contributed by atoms with E-state index < -0.39 is 0 Å². The number of rotatable bonds is 6. The van der Waals surface area contributed by atoms with E-state index >= 15 is 0 Å². The summed E-state index contributed by atoms with van der Waals surface area (Å²) in [7, 11) is 0. The van der Waals surface area contributed by atoms with Crippen LogP contribution in [0.4, 0.5) is 5.82 Å². The van der Waals surface area contributed by atoms with Gasteiger partial charge in [-0.1, -0.05) is 18.5 Å². The fraction of sp³-hybridized carbons (Fsp3) is 0.529. The van der Waals surface area contributed by atoms with E-state index in [0.717, 1.165) is 37.8 Å². The molecular weight excluding hydrogens is 322 g/mol. The lowest BCUT2D eigenvalue weighted by atomic mass is 10.1. The van der Waals surface area contributed by atoms with Crippen molar-refractivity contribution < 1.29 is 14.1 Å². The van der Waals surface area contributed by atoms with Gasteiger partial charge in [-0.15, -0.1) is 0 Å². The lowest BCUT2D eigenvalue weighted by Crippen LogP contribution is -2.28. The molecule has 0 fully saturated rings. The average molecular weight is 345 g/mol. The minimum atomic E-state index is -0.369. The van der Waals surface area contributed by atoms with Gasteiger partial charge in [0.2, 0.25) is 0 Å². The van der Waals surface area contributed by atoms with E-state index in [1.807, 2.05) is 4.57 Å². The Morgan fingerprint density at radius 2 is 2.16 bits per heavy atom. The molecule has 0 aromatic carbocycles. The summed E-state index contributed by atoms with van der Waals surface area (Å²) in [6.45, 7) is 5.13. The molecule has 2 N–H and O–H groups in total. The van der Waals surface area contributed by atoms with Gasteiger partial charge >= 0.3 is 0 Å². The molecule has 1 aliphatic heterocycles. The highest BCUT2D eigenvalue weighted by molar-refractivity contribution is 6.04. The number of unbranched alkanes of at least 4 members (excludes halogenated alkanes) is 1. The summed E-state index contributed by atoms with van der Waals surface area (Å²) >= 11 is 0. The number of anilines is 1. The van der Waals surface area contributed by atoms with Crippen LogP contribution in [0.5, 0.6) is 0 Å². The standard InChI is InChI=1S/C17H23N5O3/c1-3-4-8-18-17(24)15-20-14(12-7-5-6-9-22(12)15)16(23)19-13-10-11(2)25-21-13/h10H,3-9H2,1-2H3,(H,18,24)(H,19,21,23). The molecule has 0 spiro atoms. The highest BCUT2D eigenvalue weighted by Gasteiger charge is 2.27. The van der Waals surface area contributed by atoms with Crippen LogP contribution in [0.25, 0.3) is 0 Å². The van der Waals surface area contributed by atoms with Crippen LogP contribution >= 0.6 is 0 Å². The normalized spacial score (nSPS) is 13.4. The van der Waals surface area contributed by atoms with Crippen LogP contribution in [0, 0.1) is 6.92 Å². The zero-order valence-electron chi connectivity index (χ0n) is 14.6. The monoisotopic (exact) mass is 345 g/mol. The number of hydrogen-bond donors (Lipinski definition) is 2. The third kappa shape index (κ3) is 3.72.